The van der Waals surface area contributed by atoms with Crippen LogP contribution in [0, 0.1) is 5.92 Å². The molecule has 15 heavy (non-hydrogen) atoms. The van der Waals surface area contributed by atoms with Crippen molar-refractivity contribution in [2.45, 2.75) is 52.6 Å². The molecule has 0 saturated heterocycles. The minimum atomic E-state index is 0.518. The van der Waals surface area contributed by atoms with Crippen molar-refractivity contribution in [3.05, 3.63) is 18.2 Å². The first-order chi connectivity index (χ1) is 7.15. The van der Waals surface area contributed by atoms with Crippen LogP contribution in [0.25, 0.3) is 0 Å². The average Bonchev–Trinajstić information content (AvgIpc) is 2.64. The van der Waals surface area contributed by atoms with Crippen molar-refractivity contribution >= 4 is 0 Å². The highest BCUT2D eigenvalue weighted by Gasteiger charge is 2.08. The Morgan fingerprint density at radius 3 is 2.67 bits per heavy atom. The maximum Gasteiger partial charge on any atom is 0.0951 e. The first-order valence-corrected chi connectivity index (χ1v) is 5.86. The summed E-state index contributed by atoms with van der Waals surface area (Å²) >= 11 is 0. The summed E-state index contributed by atoms with van der Waals surface area (Å²) in [6, 6.07) is 0.518. The second-order valence-corrected chi connectivity index (χ2v) is 4.67. The van der Waals surface area contributed by atoms with Gasteiger partial charge in [0, 0.05) is 18.8 Å². The Kier molecular flexibility index (Phi) is 4.82. The van der Waals surface area contributed by atoms with Crippen LogP contribution in [0.2, 0.25) is 0 Å². The smallest absolute Gasteiger partial charge is 0.0951 e. The molecule has 0 spiro atoms. The Balaban J connectivity index is 2.43. The second kappa shape index (κ2) is 5.91. The summed E-state index contributed by atoms with van der Waals surface area (Å²) in [5.74, 6) is 0.800. The Morgan fingerprint density at radius 1 is 1.33 bits per heavy atom. The van der Waals surface area contributed by atoms with Gasteiger partial charge in [-0.3, -0.25) is 0 Å². The fourth-order valence-corrected chi connectivity index (χ4v) is 1.85. The first-order valence-electron chi connectivity index (χ1n) is 5.86. The van der Waals surface area contributed by atoms with Gasteiger partial charge in [0.1, 0.15) is 0 Å². The van der Waals surface area contributed by atoms with E-state index in [-0.39, 0.29) is 0 Å². The number of aromatic nitrogens is 2. The molecular weight excluding hydrogens is 186 g/mol. The van der Waals surface area contributed by atoms with Crippen LogP contribution in [0.15, 0.2) is 12.5 Å². The molecule has 0 radical (unpaired) electrons. The molecule has 3 heteroatoms. The monoisotopic (exact) mass is 209 g/mol. The molecular formula is C12H23N3. The van der Waals surface area contributed by atoms with Crippen molar-refractivity contribution in [3.8, 4) is 0 Å². The molecule has 0 aliphatic carbocycles. The largest absolute Gasteiger partial charge is 0.331 e. The van der Waals surface area contributed by atoms with E-state index in [0.717, 1.165) is 11.6 Å². The highest BCUT2D eigenvalue weighted by atomic mass is 15.1. The molecule has 1 heterocycles. The SMILES string of the molecule is CC(C)CCCC(C)n1cncc1CN. The van der Waals surface area contributed by atoms with Gasteiger partial charge in [-0.15, -0.1) is 0 Å². The van der Waals surface area contributed by atoms with Gasteiger partial charge >= 0.3 is 0 Å². The van der Waals surface area contributed by atoms with E-state index in [2.05, 4.69) is 30.3 Å². The van der Waals surface area contributed by atoms with Crippen LogP contribution >= 0.6 is 0 Å². The van der Waals surface area contributed by atoms with Crippen LogP contribution in [0.4, 0.5) is 0 Å². The van der Waals surface area contributed by atoms with E-state index in [0.29, 0.717) is 12.6 Å². The van der Waals surface area contributed by atoms with Gasteiger partial charge in [0.15, 0.2) is 0 Å². The molecule has 86 valence electrons. The molecule has 1 atom stereocenters. The fourth-order valence-electron chi connectivity index (χ4n) is 1.85. The van der Waals surface area contributed by atoms with Gasteiger partial charge in [0.25, 0.3) is 0 Å². The molecule has 0 aliphatic rings. The van der Waals surface area contributed by atoms with Crippen LogP contribution in [0.5, 0.6) is 0 Å². The van der Waals surface area contributed by atoms with Gasteiger partial charge in [-0.25, -0.2) is 4.98 Å². The molecule has 0 amide bonds. The van der Waals surface area contributed by atoms with Gasteiger partial charge < -0.3 is 10.3 Å². The third-order valence-corrected chi connectivity index (χ3v) is 2.83. The Hall–Kier alpha value is -0.830. The van der Waals surface area contributed by atoms with E-state index in [9.17, 15) is 0 Å². The highest BCUT2D eigenvalue weighted by molar-refractivity contribution is 4.98. The minimum Gasteiger partial charge on any atom is -0.331 e. The van der Waals surface area contributed by atoms with E-state index < -0.39 is 0 Å². The standard InChI is InChI=1S/C12H23N3/c1-10(2)5-4-6-11(3)15-9-14-8-12(15)7-13/h8-11H,4-7,13H2,1-3H3. The Morgan fingerprint density at radius 2 is 2.07 bits per heavy atom. The summed E-state index contributed by atoms with van der Waals surface area (Å²) in [6.07, 6.45) is 7.54. The van der Waals surface area contributed by atoms with Crippen molar-refractivity contribution in [3.63, 3.8) is 0 Å². The van der Waals surface area contributed by atoms with Crippen LogP contribution in [-0.4, -0.2) is 9.55 Å². The van der Waals surface area contributed by atoms with Crippen LogP contribution in [-0.2, 0) is 6.54 Å². The van der Waals surface area contributed by atoms with Gasteiger partial charge in [0.05, 0.1) is 12.0 Å². The predicted octanol–water partition coefficient (Wildman–Crippen LogP) is 2.73. The summed E-state index contributed by atoms with van der Waals surface area (Å²) in [6.45, 7) is 7.36. The summed E-state index contributed by atoms with van der Waals surface area (Å²) < 4.78 is 2.19. The van der Waals surface area contributed by atoms with E-state index >= 15 is 0 Å². The average molecular weight is 209 g/mol. The molecule has 1 aromatic heterocycles. The zero-order valence-electron chi connectivity index (χ0n) is 10.1. The zero-order chi connectivity index (χ0) is 11.3. The van der Waals surface area contributed by atoms with E-state index in [1.54, 1.807) is 0 Å². The molecule has 1 unspecified atom stereocenters. The number of hydrogen-bond acceptors (Lipinski definition) is 2. The predicted molar refractivity (Wildman–Crippen MR) is 63.5 cm³/mol. The fraction of sp³-hybridized carbons (Fsp3) is 0.750. The van der Waals surface area contributed by atoms with Gasteiger partial charge in [0.2, 0.25) is 0 Å². The summed E-state index contributed by atoms with van der Waals surface area (Å²) in [4.78, 5) is 4.14. The molecule has 0 saturated carbocycles. The van der Waals surface area contributed by atoms with Crippen LogP contribution in [0.1, 0.15) is 51.8 Å². The first kappa shape index (κ1) is 12.2. The molecule has 0 aromatic carbocycles. The zero-order valence-corrected chi connectivity index (χ0v) is 10.1. The topological polar surface area (TPSA) is 43.8 Å². The molecule has 1 rings (SSSR count). The van der Waals surface area contributed by atoms with E-state index in [1.165, 1.54) is 19.3 Å². The van der Waals surface area contributed by atoms with E-state index in [1.807, 2.05) is 12.5 Å². The molecule has 0 fully saturated rings. The van der Waals surface area contributed by atoms with Gasteiger partial charge in [-0.1, -0.05) is 26.7 Å². The molecule has 2 N–H and O–H groups in total. The summed E-state index contributed by atoms with van der Waals surface area (Å²) in [5, 5.41) is 0. The van der Waals surface area contributed by atoms with Gasteiger partial charge in [-0.2, -0.15) is 0 Å². The minimum absolute atomic E-state index is 0.518. The highest BCUT2D eigenvalue weighted by Crippen LogP contribution is 2.18. The van der Waals surface area contributed by atoms with Crippen molar-refractivity contribution in [1.29, 1.82) is 0 Å². The van der Waals surface area contributed by atoms with Crippen LogP contribution in [0.3, 0.4) is 0 Å². The lowest BCUT2D eigenvalue weighted by molar-refractivity contribution is 0.439. The third-order valence-electron chi connectivity index (χ3n) is 2.83. The van der Waals surface area contributed by atoms with E-state index in [4.69, 9.17) is 5.73 Å². The maximum absolute atomic E-state index is 5.65. The summed E-state index contributed by atoms with van der Waals surface area (Å²) in [7, 11) is 0. The van der Waals surface area contributed by atoms with Crippen LogP contribution < -0.4 is 5.73 Å². The number of hydrogen-bond donors (Lipinski definition) is 1. The number of imidazole rings is 1. The van der Waals surface area contributed by atoms with Crippen molar-refractivity contribution in [2.24, 2.45) is 11.7 Å². The Bertz CT molecular complexity index is 278. The quantitative estimate of drug-likeness (QED) is 0.783. The molecule has 1 aromatic rings. The number of rotatable bonds is 6. The lowest BCUT2D eigenvalue weighted by Crippen LogP contribution is -2.11. The van der Waals surface area contributed by atoms with Gasteiger partial charge in [-0.05, 0) is 19.3 Å². The lowest BCUT2D eigenvalue weighted by Gasteiger charge is -2.16. The summed E-state index contributed by atoms with van der Waals surface area (Å²) in [5.41, 5.74) is 6.78. The van der Waals surface area contributed by atoms with Crippen molar-refractivity contribution in [1.82, 2.24) is 9.55 Å². The molecule has 0 aliphatic heterocycles. The normalized spacial score (nSPS) is 13.4. The lowest BCUT2D eigenvalue weighted by atomic mass is 10.0. The molecule has 0 bridgehead atoms. The maximum atomic E-state index is 5.65. The second-order valence-electron chi connectivity index (χ2n) is 4.67. The van der Waals surface area contributed by atoms with Crippen molar-refractivity contribution in [2.75, 3.05) is 0 Å². The van der Waals surface area contributed by atoms with Crippen molar-refractivity contribution < 1.29 is 0 Å². The Labute approximate surface area is 92.7 Å². The number of nitrogens with two attached hydrogens (primary N) is 1. The third kappa shape index (κ3) is 3.67. The molecule has 3 nitrogen and oxygen atoms in total. The number of nitrogens with zero attached hydrogens (tertiary/aromatic N) is 2.